The Morgan fingerprint density at radius 1 is 0.617 bits per heavy atom. The van der Waals surface area contributed by atoms with Crippen LogP contribution in [0.25, 0.3) is 21.5 Å². The number of ether oxygens (including phenoxy) is 8. The molecule has 2 aliphatic rings. The lowest BCUT2D eigenvalue weighted by Gasteiger charge is -2.20. The Morgan fingerprint density at radius 2 is 1.09 bits per heavy atom. The second-order valence-electron chi connectivity index (χ2n) is 11.8. The summed E-state index contributed by atoms with van der Waals surface area (Å²) < 4.78 is 46.2. The molecule has 0 amide bonds. The predicted molar refractivity (Wildman–Crippen MR) is 177 cm³/mol. The molecule has 4 atom stereocenters. The van der Waals surface area contributed by atoms with Crippen molar-refractivity contribution < 1.29 is 48.1 Å². The van der Waals surface area contributed by atoms with Crippen LogP contribution in [-0.4, -0.2) is 101 Å². The van der Waals surface area contributed by atoms with Crippen molar-refractivity contribution in [1.82, 2.24) is 0 Å². The fourth-order valence-corrected chi connectivity index (χ4v) is 5.36. The molecule has 4 aromatic carbocycles. The van der Waals surface area contributed by atoms with Crippen LogP contribution >= 0.6 is 0 Å². The third-order valence-electron chi connectivity index (χ3n) is 8.04. The average Bonchev–Trinajstić information content (AvgIpc) is 4.03. The van der Waals surface area contributed by atoms with Gasteiger partial charge in [0.05, 0.1) is 26.4 Å². The molecular formula is C37H44O10. The second kappa shape index (κ2) is 16.0. The summed E-state index contributed by atoms with van der Waals surface area (Å²) in [5.74, 6) is 2.75. The molecule has 10 nitrogen and oxygen atoms in total. The Kier molecular flexibility index (Phi) is 11.3. The first-order chi connectivity index (χ1) is 23.0. The van der Waals surface area contributed by atoms with E-state index in [0.29, 0.717) is 51.0 Å². The monoisotopic (exact) mass is 648 g/mol. The normalized spacial score (nSPS) is 18.2. The number of epoxide rings is 2. The number of aliphatic hydroxyl groups excluding tert-OH is 2. The molecule has 47 heavy (non-hydrogen) atoms. The van der Waals surface area contributed by atoms with Crippen LogP contribution in [0.5, 0.6) is 23.0 Å². The fourth-order valence-electron chi connectivity index (χ4n) is 5.36. The van der Waals surface area contributed by atoms with Gasteiger partial charge in [-0.3, -0.25) is 0 Å². The highest BCUT2D eigenvalue weighted by atomic mass is 16.6. The number of aliphatic hydroxyl groups is 2. The van der Waals surface area contributed by atoms with E-state index in [1.54, 1.807) is 0 Å². The van der Waals surface area contributed by atoms with Gasteiger partial charge >= 0.3 is 0 Å². The Hall–Kier alpha value is -3.64. The summed E-state index contributed by atoms with van der Waals surface area (Å²) >= 11 is 0. The van der Waals surface area contributed by atoms with Crippen LogP contribution in [0.1, 0.15) is 25.0 Å². The number of hydrogen-bond donors (Lipinski definition) is 2. The predicted octanol–water partition coefficient (Wildman–Crippen LogP) is 4.69. The Balaban J connectivity index is 1.38. The van der Waals surface area contributed by atoms with E-state index in [2.05, 4.69) is 18.2 Å². The van der Waals surface area contributed by atoms with Crippen LogP contribution in [0.15, 0.2) is 60.7 Å². The molecule has 6 rings (SSSR count). The van der Waals surface area contributed by atoms with E-state index in [4.69, 9.17) is 37.9 Å². The van der Waals surface area contributed by atoms with Gasteiger partial charge in [0.25, 0.3) is 0 Å². The molecule has 2 heterocycles. The van der Waals surface area contributed by atoms with Crippen molar-refractivity contribution >= 4 is 21.5 Å². The molecule has 10 heteroatoms. The average molecular weight is 649 g/mol. The zero-order chi connectivity index (χ0) is 32.6. The zero-order valence-corrected chi connectivity index (χ0v) is 27.0. The maximum Gasteiger partial charge on any atom is 0.123 e. The third-order valence-corrected chi connectivity index (χ3v) is 8.04. The largest absolute Gasteiger partial charge is 0.491 e. The van der Waals surface area contributed by atoms with E-state index < -0.39 is 12.2 Å². The molecule has 0 radical (unpaired) electrons. The number of benzene rings is 4. The third kappa shape index (κ3) is 9.25. The minimum Gasteiger partial charge on any atom is -0.491 e. The highest BCUT2D eigenvalue weighted by Gasteiger charge is 2.25. The maximum atomic E-state index is 10.5. The van der Waals surface area contributed by atoms with E-state index in [9.17, 15) is 10.2 Å². The number of fused-ring (bicyclic) bond motifs is 2. The van der Waals surface area contributed by atoms with Gasteiger partial charge in [-0.15, -0.1) is 0 Å². The molecule has 252 valence electrons. The molecule has 0 aromatic heterocycles. The van der Waals surface area contributed by atoms with E-state index in [0.717, 1.165) is 50.8 Å². The van der Waals surface area contributed by atoms with Gasteiger partial charge < -0.3 is 48.1 Å². The summed E-state index contributed by atoms with van der Waals surface area (Å²) in [5.41, 5.74) is 1.88. The minimum atomic E-state index is -0.787. The van der Waals surface area contributed by atoms with Crippen molar-refractivity contribution in [2.24, 2.45) is 0 Å². The van der Waals surface area contributed by atoms with Crippen molar-refractivity contribution in [2.45, 2.75) is 44.7 Å². The molecule has 4 unspecified atom stereocenters. The quantitative estimate of drug-likeness (QED) is 0.131. The topological polar surface area (TPSA) is 121 Å². The van der Waals surface area contributed by atoms with Crippen LogP contribution < -0.4 is 18.9 Å². The molecule has 0 saturated carbocycles. The summed E-state index contributed by atoms with van der Waals surface area (Å²) in [6.07, 6.45) is -0.847. The molecule has 2 N–H and O–H groups in total. The Morgan fingerprint density at radius 3 is 1.62 bits per heavy atom. The smallest absolute Gasteiger partial charge is 0.123 e. The molecule has 0 bridgehead atoms. The van der Waals surface area contributed by atoms with Gasteiger partial charge in [-0.25, -0.2) is 0 Å². The summed E-state index contributed by atoms with van der Waals surface area (Å²) in [6.45, 7) is 7.73. The molecule has 2 saturated heterocycles. The van der Waals surface area contributed by atoms with Crippen molar-refractivity contribution in [3.05, 3.63) is 71.8 Å². The summed E-state index contributed by atoms with van der Waals surface area (Å²) in [4.78, 5) is 0. The maximum absolute atomic E-state index is 10.5. The summed E-state index contributed by atoms with van der Waals surface area (Å²) in [5, 5.41) is 24.8. The first kappa shape index (κ1) is 33.3. The molecule has 4 aromatic rings. The van der Waals surface area contributed by atoms with Crippen LogP contribution in [0.3, 0.4) is 0 Å². The van der Waals surface area contributed by atoms with Crippen molar-refractivity contribution in [3.8, 4) is 23.0 Å². The summed E-state index contributed by atoms with van der Waals surface area (Å²) in [7, 11) is 0. The van der Waals surface area contributed by atoms with E-state index in [1.807, 2.05) is 56.3 Å². The zero-order valence-electron chi connectivity index (χ0n) is 27.0. The first-order valence-electron chi connectivity index (χ1n) is 16.4. The van der Waals surface area contributed by atoms with Gasteiger partial charge in [0, 0.05) is 30.8 Å². The fraction of sp³-hybridized carbons (Fsp3) is 0.459. The molecule has 0 aliphatic carbocycles. The highest BCUT2D eigenvalue weighted by Crippen LogP contribution is 2.39. The van der Waals surface area contributed by atoms with Gasteiger partial charge in [0.1, 0.15) is 73.8 Å². The minimum absolute atomic E-state index is 0.0669. The van der Waals surface area contributed by atoms with Gasteiger partial charge in [-0.05, 0) is 71.8 Å². The van der Waals surface area contributed by atoms with Gasteiger partial charge in [0.15, 0.2) is 0 Å². The lowest BCUT2D eigenvalue weighted by atomic mass is 9.93. The van der Waals surface area contributed by atoms with Crippen LogP contribution in [0.4, 0.5) is 0 Å². The van der Waals surface area contributed by atoms with Crippen molar-refractivity contribution in [3.63, 3.8) is 0 Å². The van der Waals surface area contributed by atoms with Crippen LogP contribution in [0, 0.1) is 0 Å². The van der Waals surface area contributed by atoms with E-state index in [1.165, 1.54) is 0 Å². The van der Waals surface area contributed by atoms with Gasteiger partial charge in [-0.1, -0.05) is 24.3 Å². The summed E-state index contributed by atoms with van der Waals surface area (Å²) in [6, 6.07) is 19.9. The number of rotatable bonds is 20. The molecule has 0 spiro atoms. The SMILES string of the molecule is CCOCC(O)COc1ccc2ccc(OCC(O)COCC)c(Cc3c(OCC4CO4)ccc4ccc(OCC5CO5)cc34)c2c1. The number of hydrogen-bond acceptors (Lipinski definition) is 10. The Bertz CT molecular complexity index is 1610. The van der Waals surface area contributed by atoms with Crippen LogP contribution in [-0.2, 0) is 25.4 Å². The van der Waals surface area contributed by atoms with Gasteiger partial charge in [0.2, 0.25) is 0 Å². The lowest BCUT2D eigenvalue weighted by molar-refractivity contribution is 0.0163. The van der Waals surface area contributed by atoms with Crippen molar-refractivity contribution in [1.29, 1.82) is 0 Å². The first-order valence-corrected chi connectivity index (χ1v) is 16.4. The van der Waals surface area contributed by atoms with E-state index >= 15 is 0 Å². The molecule has 2 fully saturated rings. The van der Waals surface area contributed by atoms with E-state index in [-0.39, 0.29) is 38.6 Å². The van der Waals surface area contributed by atoms with Crippen LogP contribution in [0.2, 0.25) is 0 Å². The lowest BCUT2D eigenvalue weighted by Crippen LogP contribution is -2.23. The second-order valence-corrected chi connectivity index (χ2v) is 11.8. The van der Waals surface area contributed by atoms with Crippen molar-refractivity contribution in [2.75, 3.05) is 66.1 Å². The highest BCUT2D eigenvalue weighted by molar-refractivity contribution is 5.93. The standard InChI is InChI=1S/C37H44O10/c1-3-40-16-26(38)18-42-28-9-5-24-7-11-36(46-19-27(39)17-41-4-2)34(32(24)13-28)15-35-33-14-29(43-20-30-21-44-30)10-6-25(33)8-12-37(35)47-23-31-22-45-31/h5-14,26-27,30-31,38-39H,3-4,15-23H2,1-2H3. The Labute approximate surface area is 275 Å². The molecule has 2 aliphatic heterocycles. The molecular weight excluding hydrogens is 604 g/mol. The van der Waals surface area contributed by atoms with Gasteiger partial charge in [-0.2, -0.15) is 0 Å².